The fraction of sp³-hybridized carbons (Fsp3) is 0.429. The van der Waals surface area contributed by atoms with E-state index in [0.717, 1.165) is 35.6 Å². The summed E-state index contributed by atoms with van der Waals surface area (Å²) < 4.78 is 12.3. The first-order valence-corrected chi connectivity index (χ1v) is 9.40. The Balaban J connectivity index is 1.79. The number of hydrogen-bond donors (Lipinski definition) is 1. The molecule has 1 amide bonds. The summed E-state index contributed by atoms with van der Waals surface area (Å²) >= 11 is 0. The van der Waals surface area contributed by atoms with Crippen molar-refractivity contribution in [3.63, 3.8) is 0 Å². The van der Waals surface area contributed by atoms with E-state index in [0.29, 0.717) is 19.8 Å². The molecule has 0 unspecified atom stereocenters. The van der Waals surface area contributed by atoms with Crippen molar-refractivity contribution in [1.82, 2.24) is 9.47 Å². The van der Waals surface area contributed by atoms with Crippen molar-refractivity contribution in [2.45, 2.75) is 26.9 Å². The Morgan fingerprint density at radius 3 is 2.46 bits per heavy atom. The Kier molecular flexibility index (Phi) is 6.49. The van der Waals surface area contributed by atoms with Crippen LogP contribution in [0, 0.1) is 13.8 Å². The average Bonchev–Trinajstić information content (AvgIpc) is 2.63. The molecular formula is C21H27N3O4. The molecule has 3 rings (SSSR count). The largest absolute Gasteiger partial charge is 0.491 e. The van der Waals surface area contributed by atoms with Gasteiger partial charge in [0.1, 0.15) is 6.54 Å². The van der Waals surface area contributed by atoms with Gasteiger partial charge in [-0.15, -0.1) is 0 Å². The summed E-state index contributed by atoms with van der Waals surface area (Å²) in [6.45, 7) is 7.62. The number of nitrogens with one attached hydrogen (secondary N) is 1. The number of aryl methyl sites for hydroxylation is 2. The summed E-state index contributed by atoms with van der Waals surface area (Å²) in [5, 5.41) is 2.94. The Morgan fingerprint density at radius 2 is 1.82 bits per heavy atom. The maximum atomic E-state index is 12.6. The van der Waals surface area contributed by atoms with Crippen molar-refractivity contribution >= 4 is 11.6 Å². The van der Waals surface area contributed by atoms with Gasteiger partial charge in [-0.25, -0.2) is 0 Å². The van der Waals surface area contributed by atoms with Gasteiger partial charge < -0.3 is 19.4 Å². The molecule has 2 heterocycles. The van der Waals surface area contributed by atoms with Gasteiger partial charge in [-0.3, -0.25) is 14.5 Å². The highest BCUT2D eigenvalue weighted by Gasteiger charge is 2.16. The molecule has 1 aliphatic rings. The minimum absolute atomic E-state index is 0.100. The van der Waals surface area contributed by atoms with Gasteiger partial charge in [0.05, 0.1) is 26.5 Å². The van der Waals surface area contributed by atoms with Gasteiger partial charge >= 0.3 is 0 Å². The Labute approximate surface area is 164 Å². The second-order valence-corrected chi connectivity index (χ2v) is 7.14. The quantitative estimate of drug-likeness (QED) is 0.823. The van der Waals surface area contributed by atoms with Crippen LogP contribution in [0.15, 0.2) is 35.3 Å². The van der Waals surface area contributed by atoms with Crippen LogP contribution in [-0.4, -0.2) is 48.8 Å². The standard InChI is InChI=1S/C21H27N3O4/c1-15-8-16(2)10-17(9-15)22-21(26)14-24-13-20(27-3)19(25)11-18(24)12-23-4-6-28-7-5-23/h8-11,13H,4-7,12,14H2,1-3H3,(H,22,26). The SMILES string of the molecule is COc1cn(CC(=O)Nc2cc(C)cc(C)c2)c(CN2CCOCC2)cc1=O. The van der Waals surface area contributed by atoms with E-state index < -0.39 is 0 Å². The zero-order chi connectivity index (χ0) is 20.1. The highest BCUT2D eigenvalue weighted by Crippen LogP contribution is 2.15. The number of aromatic nitrogens is 1. The highest BCUT2D eigenvalue weighted by molar-refractivity contribution is 5.90. The van der Waals surface area contributed by atoms with E-state index in [4.69, 9.17) is 9.47 Å². The lowest BCUT2D eigenvalue weighted by atomic mass is 10.1. The number of ether oxygens (including phenoxy) is 2. The molecule has 7 nitrogen and oxygen atoms in total. The summed E-state index contributed by atoms with van der Waals surface area (Å²) in [5.74, 6) is 0.0730. The zero-order valence-electron chi connectivity index (χ0n) is 16.7. The monoisotopic (exact) mass is 385 g/mol. The molecule has 1 aliphatic heterocycles. The summed E-state index contributed by atoms with van der Waals surface area (Å²) in [4.78, 5) is 27.1. The fourth-order valence-corrected chi connectivity index (χ4v) is 3.42. The lowest BCUT2D eigenvalue weighted by Crippen LogP contribution is -2.37. The average molecular weight is 385 g/mol. The smallest absolute Gasteiger partial charge is 0.244 e. The van der Waals surface area contributed by atoms with E-state index in [2.05, 4.69) is 16.3 Å². The maximum absolute atomic E-state index is 12.6. The Bertz CT molecular complexity index is 881. The molecule has 1 saturated heterocycles. The van der Waals surface area contributed by atoms with Crippen LogP contribution >= 0.6 is 0 Å². The molecule has 0 bridgehead atoms. The van der Waals surface area contributed by atoms with Gasteiger partial charge in [-0.05, 0) is 37.1 Å². The summed E-state index contributed by atoms with van der Waals surface area (Å²) in [5.41, 5.74) is 3.55. The van der Waals surface area contributed by atoms with Gasteiger partial charge in [0, 0.05) is 37.1 Å². The summed E-state index contributed by atoms with van der Waals surface area (Å²) in [6, 6.07) is 7.48. The van der Waals surface area contributed by atoms with Crippen LogP contribution in [0.4, 0.5) is 5.69 Å². The van der Waals surface area contributed by atoms with Crippen LogP contribution in [-0.2, 0) is 22.6 Å². The third-order valence-electron chi connectivity index (χ3n) is 4.71. The maximum Gasteiger partial charge on any atom is 0.244 e. The molecule has 1 fully saturated rings. The number of benzene rings is 1. The summed E-state index contributed by atoms with van der Waals surface area (Å²) in [7, 11) is 1.46. The van der Waals surface area contributed by atoms with Gasteiger partial charge in [0.25, 0.3) is 0 Å². The third kappa shape index (κ3) is 5.21. The number of morpholine rings is 1. The number of nitrogens with zero attached hydrogens (tertiary/aromatic N) is 2. The van der Waals surface area contributed by atoms with E-state index in [1.165, 1.54) is 7.11 Å². The second kappa shape index (κ2) is 9.03. The molecule has 7 heteroatoms. The normalized spacial score (nSPS) is 14.7. The molecule has 1 N–H and O–H groups in total. The fourth-order valence-electron chi connectivity index (χ4n) is 3.42. The van der Waals surface area contributed by atoms with Crippen molar-refractivity contribution < 1.29 is 14.3 Å². The molecule has 0 radical (unpaired) electrons. The summed E-state index contributed by atoms with van der Waals surface area (Å²) in [6.07, 6.45) is 1.61. The highest BCUT2D eigenvalue weighted by atomic mass is 16.5. The minimum atomic E-state index is -0.184. The number of carbonyl (C=O) groups excluding carboxylic acids is 1. The molecule has 0 atom stereocenters. The Morgan fingerprint density at radius 1 is 1.14 bits per heavy atom. The van der Waals surface area contributed by atoms with Crippen molar-refractivity contribution in [2.24, 2.45) is 0 Å². The molecule has 1 aromatic heterocycles. The number of anilines is 1. The van der Waals surface area contributed by atoms with Crippen LogP contribution in [0.25, 0.3) is 0 Å². The van der Waals surface area contributed by atoms with Crippen molar-refractivity contribution in [2.75, 3.05) is 38.7 Å². The molecular weight excluding hydrogens is 358 g/mol. The van der Waals surface area contributed by atoms with Crippen LogP contribution in [0.5, 0.6) is 5.75 Å². The topological polar surface area (TPSA) is 72.8 Å². The predicted octanol–water partition coefficient (Wildman–Crippen LogP) is 1.94. The van der Waals surface area contributed by atoms with Crippen LogP contribution in [0.1, 0.15) is 16.8 Å². The van der Waals surface area contributed by atoms with Crippen LogP contribution in [0.3, 0.4) is 0 Å². The van der Waals surface area contributed by atoms with E-state index in [1.807, 2.05) is 26.0 Å². The van der Waals surface area contributed by atoms with E-state index >= 15 is 0 Å². The van der Waals surface area contributed by atoms with Gasteiger partial charge in [-0.2, -0.15) is 0 Å². The zero-order valence-corrected chi connectivity index (χ0v) is 16.7. The predicted molar refractivity (Wildman–Crippen MR) is 108 cm³/mol. The first-order valence-electron chi connectivity index (χ1n) is 9.40. The molecule has 150 valence electrons. The molecule has 28 heavy (non-hydrogen) atoms. The molecule has 0 aliphatic carbocycles. The van der Waals surface area contributed by atoms with Gasteiger partial charge in [0.2, 0.25) is 11.3 Å². The minimum Gasteiger partial charge on any atom is -0.491 e. The number of rotatable bonds is 6. The lowest BCUT2D eigenvalue weighted by Gasteiger charge is -2.27. The van der Waals surface area contributed by atoms with Crippen LogP contribution in [0.2, 0.25) is 0 Å². The number of methoxy groups -OCH3 is 1. The molecule has 1 aromatic carbocycles. The van der Waals surface area contributed by atoms with Crippen molar-refractivity contribution in [3.05, 3.63) is 57.5 Å². The number of pyridine rings is 1. The number of amides is 1. The van der Waals surface area contributed by atoms with E-state index in [1.54, 1.807) is 16.8 Å². The molecule has 2 aromatic rings. The molecule has 0 saturated carbocycles. The van der Waals surface area contributed by atoms with Gasteiger partial charge in [0.15, 0.2) is 5.75 Å². The van der Waals surface area contributed by atoms with Crippen molar-refractivity contribution in [1.29, 1.82) is 0 Å². The Hall–Kier alpha value is -2.64. The second-order valence-electron chi connectivity index (χ2n) is 7.14. The first-order chi connectivity index (χ1) is 13.4. The molecule has 0 spiro atoms. The number of carbonyl (C=O) groups is 1. The number of hydrogen-bond acceptors (Lipinski definition) is 5. The lowest BCUT2D eigenvalue weighted by molar-refractivity contribution is -0.116. The third-order valence-corrected chi connectivity index (χ3v) is 4.71. The van der Waals surface area contributed by atoms with E-state index in [9.17, 15) is 9.59 Å². The van der Waals surface area contributed by atoms with Crippen molar-refractivity contribution in [3.8, 4) is 5.75 Å². The van der Waals surface area contributed by atoms with Crippen LogP contribution < -0.4 is 15.5 Å². The van der Waals surface area contributed by atoms with E-state index in [-0.39, 0.29) is 23.6 Å². The van der Waals surface area contributed by atoms with Gasteiger partial charge in [-0.1, -0.05) is 6.07 Å². The first kappa shape index (κ1) is 20.1.